The predicted octanol–water partition coefficient (Wildman–Crippen LogP) is 5.22. The fourth-order valence-electron chi connectivity index (χ4n) is 5.94. The summed E-state index contributed by atoms with van der Waals surface area (Å²) in [7, 11) is -4.70. The number of halogens is 5. The van der Waals surface area contributed by atoms with Crippen LogP contribution in [0.3, 0.4) is 0 Å². The molecule has 1 saturated heterocycles. The van der Waals surface area contributed by atoms with E-state index in [1.165, 1.54) is 29.1 Å². The zero-order chi connectivity index (χ0) is 29.6. The van der Waals surface area contributed by atoms with Gasteiger partial charge in [0.05, 0.1) is 30.3 Å². The molecular formula is C27H38F5N3O4S2. The van der Waals surface area contributed by atoms with E-state index in [1.54, 1.807) is 18.2 Å². The van der Waals surface area contributed by atoms with Gasteiger partial charge in [0.2, 0.25) is 0 Å². The number of alkyl halides is 2. The van der Waals surface area contributed by atoms with Gasteiger partial charge in [0.1, 0.15) is 30.6 Å². The molecule has 3 fully saturated rings. The second-order valence-electron chi connectivity index (χ2n) is 11.1. The lowest BCUT2D eigenvalue weighted by Crippen LogP contribution is -2.55. The summed E-state index contributed by atoms with van der Waals surface area (Å²) in [6.07, 6.45) is 8.27. The molecule has 14 heteroatoms. The van der Waals surface area contributed by atoms with Crippen molar-refractivity contribution in [1.29, 1.82) is 0 Å². The summed E-state index contributed by atoms with van der Waals surface area (Å²) < 4.78 is 92.4. The van der Waals surface area contributed by atoms with Crippen LogP contribution in [-0.2, 0) is 25.9 Å². The monoisotopic (exact) mass is 627 g/mol. The lowest BCUT2D eigenvalue weighted by atomic mass is 9.73. The fraction of sp³-hybridized carbons (Fsp3) is 0.741. The molecule has 6 atom stereocenters. The van der Waals surface area contributed by atoms with E-state index in [9.17, 15) is 26.4 Å². The maximum atomic E-state index is 15.0. The first kappa shape index (κ1) is 32.4. The van der Waals surface area contributed by atoms with E-state index in [4.69, 9.17) is 9.47 Å². The Bertz CT molecular complexity index is 1150. The minimum atomic E-state index is -4.70. The maximum Gasteiger partial charge on any atom is 0.351 e. The first-order valence-electron chi connectivity index (χ1n) is 14.0. The molecule has 41 heavy (non-hydrogen) atoms. The third kappa shape index (κ3) is 8.33. The molecule has 1 N–H and O–H groups in total. The van der Waals surface area contributed by atoms with Gasteiger partial charge in [-0.1, -0.05) is 25.2 Å². The van der Waals surface area contributed by atoms with Gasteiger partial charge in [-0.25, -0.2) is 18.0 Å². The largest absolute Gasteiger partial charge is 0.386 e. The molecule has 2 heterocycles. The number of nitrogens with zero attached hydrogens (tertiary/aromatic N) is 3. The van der Waals surface area contributed by atoms with Crippen molar-refractivity contribution in [2.24, 2.45) is 11.8 Å². The highest BCUT2D eigenvalue weighted by atomic mass is 32.2. The first-order chi connectivity index (χ1) is 19.5. The van der Waals surface area contributed by atoms with E-state index in [0.717, 1.165) is 0 Å². The summed E-state index contributed by atoms with van der Waals surface area (Å²) in [4.78, 5) is 3.92. The van der Waals surface area contributed by atoms with Crippen molar-refractivity contribution in [1.82, 2.24) is 14.8 Å². The Labute approximate surface area is 242 Å². The Kier molecular flexibility index (Phi) is 11.3. The molecule has 0 radical (unpaired) electrons. The Hall–Kier alpha value is -1.48. The summed E-state index contributed by atoms with van der Waals surface area (Å²) in [5.41, 5.74) is -1.49. The average Bonchev–Trinajstić information content (AvgIpc) is 3.45. The van der Waals surface area contributed by atoms with Crippen molar-refractivity contribution in [3.05, 3.63) is 37.0 Å². The molecule has 0 amide bonds. The summed E-state index contributed by atoms with van der Waals surface area (Å²) in [6, 6.07) is 0. The lowest BCUT2D eigenvalue weighted by Gasteiger charge is -2.45. The molecule has 0 spiro atoms. The highest BCUT2D eigenvalue weighted by molar-refractivity contribution is 8.00. The molecule has 1 aliphatic heterocycles. The third-order valence-electron chi connectivity index (χ3n) is 8.35. The summed E-state index contributed by atoms with van der Waals surface area (Å²) >= 11 is 1.44. The zero-order valence-corrected chi connectivity index (χ0v) is 24.5. The van der Waals surface area contributed by atoms with Crippen LogP contribution in [0, 0.1) is 11.8 Å². The second kappa shape index (κ2) is 14.3. The normalized spacial score (nSPS) is 35.2. The summed E-state index contributed by atoms with van der Waals surface area (Å²) in [5.74, 6) is -0.655. The molecule has 6 unspecified atom stereocenters. The lowest BCUT2D eigenvalue weighted by molar-refractivity contribution is -0.146. The van der Waals surface area contributed by atoms with Crippen molar-refractivity contribution in [2.45, 2.75) is 98.4 Å². The van der Waals surface area contributed by atoms with E-state index in [0.29, 0.717) is 26.1 Å². The van der Waals surface area contributed by atoms with Gasteiger partial charge in [0.25, 0.3) is 0 Å². The van der Waals surface area contributed by atoms with E-state index < -0.39 is 55.9 Å². The Morgan fingerprint density at radius 2 is 1.83 bits per heavy atom. The Balaban J connectivity index is 1.25. The molecule has 0 aromatic carbocycles. The summed E-state index contributed by atoms with van der Waals surface area (Å²) in [5, 5.41) is 11.6. The van der Waals surface area contributed by atoms with Crippen LogP contribution >= 0.6 is 11.8 Å². The van der Waals surface area contributed by atoms with Crippen molar-refractivity contribution < 1.29 is 40.2 Å². The number of aliphatic hydroxyl groups is 1. The van der Waals surface area contributed by atoms with Crippen LogP contribution in [0.2, 0.25) is 0 Å². The van der Waals surface area contributed by atoms with Crippen LogP contribution in [0.15, 0.2) is 37.0 Å². The highest BCUT2D eigenvalue weighted by Gasteiger charge is 2.49. The maximum absolute atomic E-state index is 15.0. The van der Waals surface area contributed by atoms with Gasteiger partial charge in [0, 0.05) is 17.6 Å². The number of rotatable bonds is 10. The molecule has 0 bridgehead atoms. The van der Waals surface area contributed by atoms with Gasteiger partial charge in [0.15, 0.2) is 16.2 Å². The SMILES string of the molecule is CC(SC1COC(/C=C/C=C/C2CCC(S(=O)(F)=C(F)F)CC2)OC1)C(O)(Cn1cncn1)C1CCC(F)CC1F. The van der Waals surface area contributed by atoms with Crippen LogP contribution < -0.4 is 0 Å². The number of hydrogen-bond donors (Lipinski definition) is 1. The van der Waals surface area contributed by atoms with E-state index in [-0.39, 0.29) is 49.8 Å². The number of thioether (sulfide) groups is 1. The number of allylic oxidation sites excluding steroid dienone is 3. The van der Waals surface area contributed by atoms with Gasteiger partial charge in [-0.2, -0.15) is 13.9 Å². The molecule has 3 aliphatic rings. The summed E-state index contributed by atoms with van der Waals surface area (Å²) in [6.45, 7) is 2.56. The van der Waals surface area contributed by atoms with E-state index in [1.807, 2.05) is 13.0 Å². The minimum Gasteiger partial charge on any atom is -0.386 e. The smallest absolute Gasteiger partial charge is 0.351 e. The van der Waals surface area contributed by atoms with Crippen LogP contribution in [-0.4, -0.2) is 82.7 Å². The molecule has 1 aromatic heterocycles. The van der Waals surface area contributed by atoms with Crippen LogP contribution in [0.25, 0.3) is 0 Å². The molecule has 4 rings (SSSR count). The number of hydrogen-bond acceptors (Lipinski definition) is 7. The van der Waals surface area contributed by atoms with Gasteiger partial charge in [-0.15, -0.1) is 15.6 Å². The average molecular weight is 628 g/mol. The van der Waals surface area contributed by atoms with Crippen molar-refractivity contribution in [2.75, 3.05) is 13.2 Å². The van der Waals surface area contributed by atoms with Crippen LogP contribution in [0.5, 0.6) is 0 Å². The topological polar surface area (TPSA) is 86.5 Å². The highest BCUT2D eigenvalue weighted by Crippen LogP contribution is 2.43. The van der Waals surface area contributed by atoms with Gasteiger partial charge in [-0.05, 0) is 50.5 Å². The number of ether oxygens (including phenoxy) is 2. The zero-order valence-electron chi connectivity index (χ0n) is 22.9. The van der Waals surface area contributed by atoms with Crippen molar-refractivity contribution >= 4 is 27.0 Å². The molecule has 2 saturated carbocycles. The van der Waals surface area contributed by atoms with Crippen molar-refractivity contribution in [3.63, 3.8) is 0 Å². The number of aromatic nitrogens is 3. The fourth-order valence-corrected chi connectivity index (χ4v) is 8.44. The molecule has 2 aliphatic carbocycles. The Morgan fingerprint density at radius 1 is 1.15 bits per heavy atom. The van der Waals surface area contributed by atoms with Gasteiger partial charge >= 0.3 is 5.37 Å². The van der Waals surface area contributed by atoms with Crippen molar-refractivity contribution in [3.8, 4) is 0 Å². The molecule has 7 nitrogen and oxygen atoms in total. The van der Waals surface area contributed by atoms with E-state index >= 15 is 4.39 Å². The minimum absolute atomic E-state index is 0.0366. The standard InChI is InChI=1S/C27H38F5N3O4S2/c1-18(27(36,15-35-17-33-16-34-35)23-11-8-20(28)12-24(23)29)40-21-13-38-25(39-14-21)5-3-2-4-19-6-9-22(10-7-19)41(32,37)26(30)31/h2-5,16-25,36H,6-15H2,1H3/b4-2+,5-3+. The second-order valence-corrected chi connectivity index (χ2v) is 14.8. The van der Waals surface area contributed by atoms with E-state index in [2.05, 4.69) is 10.1 Å². The first-order valence-corrected chi connectivity index (χ1v) is 16.4. The Morgan fingerprint density at radius 3 is 2.44 bits per heavy atom. The van der Waals surface area contributed by atoms with Crippen LogP contribution in [0.1, 0.15) is 51.9 Å². The quantitative estimate of drug-likeness (QED) is 0.165. The predicted molar refractivity (Wildman–Crippen MR) is 149 cm³/mol. The van der Waals surface area contributed by atoms with Gasteiger partial charge < -0.3 is 14.6 Å². The third-order valence-corrected chi connectivity index (χ3v) is 11.6. The molecule has 1 aromatic rings. The molecular weight excluding hydrogens is 589 g/mol. The van der Waals surface area contributed by atoms with Crippen LogP contribution in [0.4, 0.5) is 21.4 Å². The van der Waals surface area contributed by atoms with Gasteiger partial charge in [-0.3, -0.25) is 4.68 Å². The molecule has 232 valence electrons.